The summed E-state index contributed by atoms with van der Waals surface area (Å²) in [4.78, 5) is 121. The van der Waals surface area contributed by atoms with Crippen molar-refractivity contribution in [2.45, 2.75) is 82.6 Å². The quantitative estimate of drug-likeness (QED) is 0.0167. The maximum Gasteiger partial charge on any atom is 0.509 e. The number of hydrogen-bond donors (Lipinski definition) is 4. The number of imide groups is 1. The van der Waals surface area contributed by atoms with Gasteiger partial charge in [0.1, 0.15) is 44.9 Å². The number of rotatable bonds is 27. The number of halogens is 1. The van der Waals surface area contributed by atoms with Gasteiger partial charge in [0, 0.05) is 42.3 Å². The van der Waals surface area contributed by atoms with Crippen LogP contribution in [0, 0.1) is 0 Å². The topological polar surface area (TPSA) is 310 Å². The number of carbonyl (C=O) groups is 9. The van der Waals surface area contributed by atoms with Crippen molar-refractivity contribution in [3.8, 4) is 5.75 Å². The van der Waals surface area contributed by atoms with Crippen LogP contribution in [0.25, 0.3) is 0 Å². The number of likely N-dealkylation sites (N-methyl/N-ethyl adjacent to an activating group) is 1. The van der Waals surface area contributed by atoms with Gasteiger partial charge in [-0.1, -0.05) is 86.0 Å². The first-order chi connectivity index (χ1) is 40.1. The highest BCUT2D eigenvalue weighted by molar-refractivity contribution is 6.31. The van der Waals surface area contributed by atoms with E-state index >= 15 is 0 Å². The molecule has 2 saturated heterocycles. The number of amides is 6. The SMILES string of the molecule is C=CCOC(=O)O[C@@H]1[C@@H](OC(=O)OCC=C)[C@H](Oc2ccc(COC(=O)NCN3C(=O)CCC(N4Cc5cc(CNC(=O)Nc6ccc(CCOCCNC)c(Cl)c6)ccc5C4=O)C3=O)cc2)O[C@H](C(=O)O/C=C/C)[C@H]1OC(=O)OCC=C. The molecule has 3 aliphatic rings. The number of piperidine rings is 1. The number of fused-ring (bicyclic) bond motifs is 1. The number of benzene rings is 3. The molecule has 0 aromatic heterocycles. The van der Waals surface area contributed by atoms with Crippen LogP contribution in [-0.4, -0.2) is 154 Å². The van der Waals surface area contributed by atoms with Crippen LogP contribution in [0.4, 0.5) is 29.7 Å². The Morgan fingerprint density at radius 1 is 0.783 bits per heavy atom. The number of hydrogen-bond acceptors (Lipinski definition) is 21. The largest absolute Gasteiger partial charge is 0.509 e. The van der Waals surface area contributed by atoms with Crippen molar-refractivity contribution >= 4 is 71.6 Å². The lowest BCUT2D eigenvalue weighted by molar-refractivity contribution is -0.275. The Morgan fingerprint density at radius 3 is 2.10 bits per heavy atom. The minimum Gasteiger partial charge on any atom is -0.461 e. The third-order valence-corrected chi connectivity index (χ3v) is 12.6. The Bertz CT molecular complexity index is 2890. The van der Waals surface area contributed by atoms with Gasteiger partial charge in [0.2, 0.25) is 18.3 Å². The van der Waals surface area contributed by atoms with Crippen molar-refractivity contribution < 1.29 is 95.3 Å². The van der Waals surface area contributed by atoms with Gasteiger partial charge in [0.05, 0.1) is 19.5 Å². The minimum absolute atomic E-state index is 0.0223. The number of carbonyl (C=O) groups excluding carboxylic acids is 9. The second kappa shape index (κ2) is 31.9. The smallest absolute Gasteiger partial charge is 0.461 e. The van der Waals surface area contributed by atoms with Gasteiger partial charge < -0.3 is 78.3 Å². The zero-order valence-corrected chi connectivity index (χ0v) is 46.1. The monoisotopic (exact) mass is 1170 g/mol. The maximum atomic E-state index is 13.8. The van der Waals surface area contributed by atoms with E-state index in [1.165, 1.54) is 60.4 Å². The van der Waals surface area contributed by atoms with Gasteiger partial charge in [-0.25, -0.2) is 28.8 Å². The van der Waals surface area contributed by atoms with Crippen molar-refractivity contribution in [2.75, 3.05) is 58.6 Å². The van der Waals surface area contributed by atoms with E-state index in [9.17, 15) is 43.2 Å². The predicted molar refractivity (Wildman–Crippen MR) is 291 cm³/mol. The Morgan fingerprint density at radius 2 is 1.45 bits per heavy atom. The van der Waals surface area contributed by atoms with E-state index in [0.29, 0.717) is 52.6 Å². The molecule has 1 unspecified atom stereocenters. The number of allylic oxidation sites excluding steroid dienone is 1. The number of ether oxygens (including phenoxy) is 11. The van der Waals surface area contributed by atoms with E-state index in [4.69, 9.17) is 63.7 Å². The van der Waals surface area contributed by atoms with Gasteiger partial charge in [0.25, 0.3) is 11.8 Å². The highest BCUT2D eigenvalue weighted by Crippen LogP contribution is 2.33. The van der Waals surface area contributed by atoms with Crippen molar-refractivity contribution in [1.29, 1.82) is 0 Å². The number of esters is 1. The van der Waals surface area contributed by atoms with Crippen LogP contribution >= 0.6 is 11.6 Å². The summed E-state index contributed by atoms with van der Waals surface area (Å²) < 4.78 is 59.3. The third kappa shape index (κ3) is 18.3. The molecule has 0 aliphatic carbocycles. The van der Waals surface area contributed by atoms with Crippen LogP contribution in [0.2, 0.25) is 5.02 Å². The van der Waals surface area contributed by atoms with Crippen LogP contribution in [-0.2, 0) is 87.9 Å². The van der Waals surface area contributed by atoms with Crippen molar-refractivity contribution in [2.24, 2.45) is 0 Å². The molecule has 6 amide bonds. The fourth-order valence-corrected chi connectivity index (χ4v) is 8.60. The molecule has 3 aromatic rings. The van der Waals surface area contributed by atoms with Crippen molar-refractivity contribution in [1.82, 2.24) is 25.8 Å². The van der Waals surface area contributed by atoms with Gasteiger partial charge in [-0.2, -0.15) is 0 Å². The molecule has 0 bridgehead atoms. The zero-order valence-electron chi connectivity index (χ0n) is 45.4. The molecule has 0 spiro atoms. The number of alkyl carbamates (subject to hydrolysis) is 1. The summed E-state index contributed by atoms with van der Waals surface area (Å²) in [5.74, 6) is -2.90. The molecule has 27 heteroatoms. The highest BCUT2D eigenvalue weighted by atomic mass is 35.5. The van der Waals surface area contributed by atoms with Gasteiger partial charge in [-0.05, 0) is 79.4 Å². The second-order valence-corrected chi connectivity index (χ2v) is 18.4. The molecule has 3 aromatic carbocycles. The lowest BCUT2D eigenvalue weighted by Gasteiger charge is -2.42. The van der Waals surface area contributed by atoms with E-state index in [1.54, 1.807) is 30.3 Å². The summed E-state index contributed by atoms with van der Waals surface area (Å²) in [5.41, 5.74) is 3.42. The molecule has 6 rings (SSSR count). The maximum absolute atomic E-state index is 13.8. The number of nitrogens with one attached hydrogen (secondary N) is 4. The molecule has 444 valence electrons. The predicted octanol–water partition coefficient (Wildman–Crippen LogP) is 6.10. The van der Waals surface area contributed by atoms with E-state index < -0.39 is 97.7 Å². The molecule has 0 saturated carbocycles. The Balaban J connectivity index is 1.04. The lowest BCUT2D eigenvalue weighted by Crippen LogP contribution is -2.64. The average molecular weight is 1180 g/mol. The van der Waals surface area contributed by atoms with Crippen LogP contribution < -0.4 is 26.0 Å². The molecule has 3 aliphatic heterocycles. The Kier molecular flexibility index (Phi) is 24.3. The third-order valence-electron chi connectivity index (χ3n) is 12.3. The zero-order chi connectivity index (χ0) is 59.8. The van der Waals surface area contributed by atoms with Gasteiger partial charge in [0.15, 0.2) is 18.3 Å². The summed E-state index contributed by atoms with van der Waals surface area (Å²) in [7, 11) is 1.84. The second-order valence-electron chi connectivity index (χ2n) is 18.0. The standard InChI is InChI=1S/C56H63ClN6O20/c1-6-22-74-50(67)46-44(81-54(70)75-23-7-2)45(82-55(71)76-24-8-3)47(83-56(72)77-25-9-4)51(80-46)79-39-15-10-34(11-16-39)32-78-53(69)60-33-63-43(64)19-18-42(49(63)66)62-31-37-28-35(12-17-40(37)48(62)65)30-59-52(68)61-38-14-13-36(41(57)29-38)20-26-73-27-21-58-5/h6-17,22,28-29,42,44-47,51,58H,2-4,18-21,23-27,30-33H2,1,5H3,(H,60,69)(H2,59,61,68)/b22-6+/t42?,44-,45-,46-,47+,51+/m0/s1. The first kappa shape index (κ1) is 63.2. The van der Waals surface area contributed by atoms with Gasteiger partial charge in [-0.3, -0.25) is 19.3 Å². The Labute approximate surface area is 481 Å². The normalized spacial score (nSPS) is 19.1. The fourth-order valence-electron chi connectivity index (χ4n) is 8.32. The fraction of sp³-hybridized carbons (Fsp3) is 0.375. The lowest BCUT2D eigenvalue weighted by atomic mass is 9.98. The first-order valence-corrected chi connectivity index (χ1v) is 26.2. The number of likely N-dealkylation sites (tertiary alicyclic amines) is 1. The van der Waals surface area contributed by atoms with E-state index in [2.05, 4.69) is 41.0 Å². The molecule has 26 nitrogen and oxygen atoms in total. The number of urea groups is 1. The molecule has 6 atom stereocenters. The molecule has 0 radical (unpaired) electrons. The summed E-state index contributed by atoms with van der Waals surface area (Å²) >= 11 is 6.45. The summed E-state index contributed by atoms with van der Waals surface area (Å²) in [6.07, 6.45) is -8.12. The van der Waals surface area contributed by atoms with Gasteiger partial charge >= 0.3 is 36.6 Å². The summed E-state index contributed by atoms with van der Waals surface area (Å²) in [6.45, 7) is 12.0. The van der Waals surface area contributed by atoms with Crippen LogP contribution in [0.1, 0.15) is 52.4 Å². The first-order valence-electron chi connectivity index (χ1n) is 25.9. The van der Waals surface area contributed by atoms with E-state index in [0.717, 1.165) is 23.3 Å². The number of nitrogens with zero attached hydrogens (tertiary/aromatic N) is 2. The van der Waals surface area contributed by atoms with Crippen molar-refractivity contribution in [3.63, 3.8) is 0 Å². The molecule has 4 N–H and O–H groups in total. The number of anilines is 1. The van der Waals surface area contributed by atoms with Crippen LogP contribution in [0.15, 0.2) is 111 Å². The summed E-state index contributed by atoms with van der Waals surface area (Å²) in [5, 5.41) is 11.5. The van der Waals surface area contributed by atoms with E-state index in [1.807, 2.05) is 13.1 Å². The molecular weight excluding hydrogens is 1110 g/mol. The Hall–Kier alpha value is -8.98. The molecule has 2 fully saturated rings. The highest BCUT2D eigenvalue weighted by Gasteiger charge is 2.57. The van der Waals surface area contributed by atoms with Crippen LogP contribution in [0.5, 0.6) is 5.75 Å². The van der Waals surface area contributed by atoms with Crippen molar-refractivity contribution in [3.05, 3.63) is 144 Å². The van der Waals surface area contributed by atoms with Crippen LogP contribution in [0.3, 0.4) is 0 Å². The minimum atomic E-state index is -1.95. The van der Waals surface area contributed by atoms with Gasteiger partial charge in [-0.15, -0.1) is 0 Å². The molecule has 83 heavy (non-hydrogen) atoms. The average Bonchev–Trinajstić information content (AvgIpc) is 3.13. The molecule has 3 heterocycles. The summed E-state index contributed by atoms with van der Waals surface area (Å²) in [6, 6.07) is 14.4. The molecular formula is C56H63ClN6O20. The van der Waals surface area contributed by atoms with E-state index in [-0.39, 0.29) is 58.1 Å².